The molecular weight excluding hydrogens is 212 g/mol. The van der Waals surface area contributed by atoms with Crippen molar-refractivity contribution in [1.82, 2.24) is 0 Å². The predicted molar refractivity (Wildman–Crippen MR) is 72.1 cm³/mol. The maximum atomic E-state index is 6.28. The van der Waals surface area contributed by atoms with Crippen LogP contribution in [0.25, 0.3) is 0 Å². The van der Waals surface area contributed by atoms with Crippen LogP contribution in [0.15, 0.2) is 18.2 Å². The number of nitrogens with two attached hydrogens (primary N) is 2. The highest BCUT2D eigenvalue weighted by Crippen LogP contribution is 2.32. The number of rotatable bonds is 5. The summed E-state index contributed by atoms with van der Waals surface area (Å²) in [7, 11) is 1.69. The molecule has 1 atom stereocenters. The van der Waals surface area contributed by atoms with Gasteiger partial charge < -0.3 is 16.2 Å². The van der Waals surface area contributed by atoms with Crippen molar-refractivity contribution in [3.05, 3.63) is 29.3 Å². The first-order valence-electron chi connectivity index (χ1n) is 6.08. The van der Waals surface area contributed by atoms with E-state index >= 15 is 0 Å². The average Bonchev–Trinajstić information content (AvgIpc) is 2.36. The van der Waals surface area contributed by atoms with Gasteiger partial charge in [0.1, 0.15) is 5.75 Å². The molecule has 1 unspecified atom stereocenters. The Hall–Kier alpha value is -1.06. The van der Waals surface area contributed by atoms with Crippen LogP contribution in [0.1, 0.15) is 37.9 Å². The first kappa shape index (κ1) is 14.0. The summed E-state index contributed by atoms with van der Waals surface area (Å²) in [5, 5.41) is 0. The number of methoxy groups -OCH3 is 1. The molecule has 0 fully saturated rings. The van der Waals surface area contributed by atoms with Gasteiger partial charge in [0.05, 0.1) is 7.11 Å². The van der Waals surface area contributed by atoms with Gasteiger partial charge in [-0.2, -0.15) is 0 Å². The van der Waals surface area contributed by atoms with Gasteiger partial charge in [-0.1, -0.05) is 32.9 Å². The van der Waals surface area contributed by atoms with Gasteiger partial charge in [0.25, 0.3) is 0 Å². The lowest BCUT2D eigenvalue weighted by Gasteiger charge is -2.30. The van der Waals surface area contributed by atoms with E-state index in [-0.39, 0.29) is 11.5 Å². The van der Waals surface area contributed by atoms with Gasteiger partial charge in [0, 0.05) is 6.04 Å². The molecule has 0 saturated carbocycles. The quantitative estimate of drug-likeness (QED) is 0.824. The first-order chi connectivity index (χ1) is 7.96. The zero-order chi connectivity index (χ0) is 13.1. The van der Waals surface area contributed by atoms with E-state index in [1.165, 1.54) is 5.56 Å². The minimum absolute atomic E-state index is 0.0521. The van der Waals surface area contributed by atoms with Crippen molar-refractivity contribution in [3.8, 4) is 5.75 Å². The highest BCUT2D eigenvalue weighted by atomic mass is 16.5. The molecule has 0 aromatic heterocycles. The van der Waals surface area contributed by atoms with Crippen LogP contribution in [-0.2, 0) is 6.42 Å². The Labute approximate surface area is 104 Å². The van der Waals surface area contributed by atoms with Crippen molar-refractivity contribution >= 4 is 0 Å². The van der Waals surface area contributed by atoms with Gasteiger partial charge in [0.2, 0.25) is 0 Å². The van der Waals surface area contributed by atoms with Gasteiger partial charge in [-0.3, -0.25) is 0 Å². The van der Waals surface area contributed by atoms with Crippen molar-refractivity contribution in [2.24, 2.45) is 16.9 Å². The second kappa shape index (κ2) is 5.52. The van der Waals surface area contributed by atoms with Crippen LogP contribution in [0.3, 0.4) is 0 Å². The van der Waals surface area contributed by atoms with Crippen LogP contribution in [0.2, 0.25) is 0 Å². The van der Waals surface area contributed by atoms with Crippen molar-refractivity contribution < 1.29 is 4.74 Å². The standard InChI is InChI=1S/C14H24N2O/c1-5-10-8-11(6-7-12(10)17-4)13(16)14(2,3)9-15/h6-8,13H,5,9,15-16H2,1-4H3. The van der Waals surface area contributed by atoms with Gasteiger partial charge in [0.15, 0.2) is 0 Å². The van der Waals surface area contributed by atoms with Gasteiger partial charge in [-0.15, -0.1) is 0 Å². The molecule has 0 radical (unpaired) electrons. The molecule has 0 aliphatic heterocycles. The molecule has 4 N–H and O–H groups in total. The SMILES string of the molecule is CCc1cc(C(N)C(C)(C)CN)ccc1OC. The fourth-order valence-corrected chi connectivity index (χ4v) is 1.85. The number of aryl methyl sites for hydroxylation is 1. The Kier molecular flexibility index (Phi) is 4.54. The van der Waals surface area contributed by atoms with Crippen LogP contribution in [0.5, 0.6) is 5.75 Å². The van der Waals surface area contributed by atoms with Crippen molar-refractivity contribution in [2.75, 3.05) is 13.7 Å². The largest absolute Gasteiger partial charge is 0.496 e. The third-order valence-corrected chi connectivity index (χ3v) is 3.41. The Balaban J connectivity index is 3.07. The van der Waals surface area contributed by atoms with Crippen molar-refractivity contribution in [1.29, 1.82) is 0 Å². The van der Waals surface area contributed by atoms with Crippen LogP contribution < -0.4 is 16.2 Å². The molecule has 1 aromatic rings. The fourth-order valence-electron chi connectivity index (χ4n) is 1.85. The number of hydrogen-bond donors (Lipinski definition) is 2. The number of ether oxygens (including phenoxy) is 1. The highest BCUT2D eigenvalue weighted by molar-refractivity contribution is 5.38. The van der Waals surface area contributed by atoms with E-state index < -0.39 is 0 Å². The maximum absolute atomic E-state index is 6.28. The molecule has 0 amide bonds. The minimum Gasteiger partial charge on any atom is -0.496 e. The van der Waals surface area contributed by atoms with Crippen molar-refractivity contribution in [3.63, 3.8) is 0 Å². The van der Waals surface area contributed by atoms with Gasteiger partial charge in [-0.25, -0.2) is 0 Å². The smallest absolute Gasteiger partial charge is 0.122 e. The van der Waals surface area contributed by atoms with Crippen LogP contribution in [0, 0.1) is 5.41 Å². The summed E-state index contributed by atoms with van der Waals surface area (Å²) >= 11 is 0. The molecule has 0 bridgehead atoms. The Morgan fingerprint density at radius 3 is 2.47 bits per heavy atom. The predicted octanol–water partition coefficient (Wildman–Crippen LogP) is 2.24. The van der Waals surface area contributed by atoms with Crippen LogP contribution in [0.4, 0.5) is 0 Å². The van der Waals surface area contributed by atoms with E-state index in [2.05, 4.69) is 26.8 Å². The number of hydrogen-bond acceptors (Lipinski definition) is 3. The topological polar surface area (TPSA) is 61.3 Å². The molecule has 0 heterocycles. The molecule has 1 aromatic carbocycles. The summed E-state index contributed by atoms with van der Waals surface area (Å²) in [6.07, 6.45) is 0.937. The molecule has 3 heteroatoms. The second-order valence-electron chi connectivity index (χ2n) is 5.10. The molecule has 0 saturated heterocycles. The Morgan fingerprint density at radius 1 is 1.35 bits per heavy atom. The molecule has 0 spiro atoms. The van der Waals surface area contributed by atoms with Crippen molar-refractivity contribution in [2.45, 2.75) is 33.2 Å². The highest BCUT2D eigenvalue weighted by Gasteiger charge is 2.26. The van der Waals surface area contributed by atoms with E-state index in [0.717, 1.165) is 17.7 Å². The molecular formula is C14H24N2O. The summed E-state index contributed by atoms with van der Waals surface area (Å²) in [6.45, 7) is 6.87. The van der Waals surface area contributed by atoms with E-state index in [1.54, 1.807) is 7.11 Å². The maximum Gasteiger partial charge on any atom is 0.122 e. The average molecular weight is 236 g/mol. The molecule has 96 valence electrons. The second-order valence-corrected chi connectivity index (χ2v) is 5.10. The minimum atomic E-state index is -0.0976. The Bertz CT molecular complexity index is 374. The zero-order valence-corrected chi connectivity index (χ0v) is 11.3. The normalized spacial score (nSPS) is 13.5. The van der Waals surface area contributed by atoms with Gasteiger partial charge in [-0.05, 0) is 35.6 Å². The van der Waals surface area contributed by atoms with E-state index in [0.29, 0.717) is 6.54 Å². The van der Waals surface area contributed by atoms with E-state index in [4.69, 9.17) is 16.2 Å². The lowest BCUT2D eigenvalue weighted by Crippen LogP contribution is -2.35. The third kappa shape index (κ3) is 2.99. The van der Waals surface area contributed by atoms with E-state index in [1.807, 2.05) is 12.1 Å². The van der Waals surface area contributed by atoms with Crippen LogP contribution in [-0.4, -0.2) is 13.7 Å². The monoisotopic (exact) mass is 236 g/mol. The zero-order valence-electron chi connectivity index (χ0n) is 11.3. The molecule has 0 aliphatic rings. The van der Waals surface area contributed by atoms with Gasteiger partial charge >= 0.3 is 0 Å². The van der Waals surface area contributed by atoms with E-state index in [9.17, 15) is 0 Å². The van der Waals surface area contributed by atoms with Crippen LogP contribution >= 0.6 is 0 Å². The summed E-state index contributed by atoms with van der Waals surface area (Å²) < 4.78 is 5.32. The molecule has 0 aliphatic carbocycles. The molecule has 3 nitrogen and oxygen atoms in total. The Morgan fingerprint density at radius 2 is 2.00 bits per heavy atom. The summed E-state index contributed by atoms with van der Waals surface area (Å²) in [6, 6.07) is 6.09. The summed E-state index contributed by atoms with van der Waals surface area (Å²) in [5.41, 5.74) is 14.3. The molecule has 17 heavy (non-hydrogen) atoms. The molecule has 1 rings (SSSR count). The number of benzene rings is 1. The lowest BCUT2D eigenvalue weighted by molar-refractivity contribution is 0.301. The first-order valence-corrected chi connectivity index (χ1v) is 6.08. The summed E-state index contributed by atoms with van der Waals surface area (Å²) in [5.74, 6) is 0.925. The summed E-state index contributed by atoms with van der Waals surface area (Å²) in [4.78, 5) is 0. The fraction of sp³-hybridized carbons (Fsp3) is 0.571. The lowest BCUT2D eigenvalue weighted by atomic mass is 9.80. The third-order valence-electron chi connectivity index (χ3n) is 3.41.